The van der Waals surface area contributed by atoms with E-state index in [4.69, 9.17) is 5.73 Å². The van der Waals surface area contributed by atoms with Crippen LogP contribution in [0.3, 0.4) is 0 Å². The van der Waals surface area contributed by atoms with E-state index in [1.54, 1.807) is 47.9 Å². The molecule has 0 aliphatic heterocycles. The lowest BCUT2D eigenvalue weighted by molar-refractivity contribution is 0.0952. The number of anilines is 2. The van der Waals surface area contributed by atoms with Crippen molar-refractivity contribution in [2.75, 3.05) is 11.1 Å². The number of amides is 1. The number of halogens is 1. The van der Waals surface area contributed by atoms with E-state index in [2.05, 4.69) is 15.6 Å². The number of hydrogen-bond donors (Lipinski definition) is 3. The highest BCUT2D eigenvalue weighted by atomic mass is 32.1. The maximum atomic E-state index is 13.6. The second-order valence-electron chi connectivity index (χ2n) is 5.32. The largest absolute Gasteiger partial charge is 0.383 e. The van der Waals surface area contributed by atoms with Crippen LogP contribution in [0.25, 0.3) is 0 Å². The van der Waals surface area contributed by atoms with Gasteiger partial charge >= 0.3 is 0 Å². The van der Waals surface area contributed by atoms with Gasteiger partial charge in [0, 0.05) is 22.5 Å². The Bertz CT molecular complexity index is 881. The Kier molecular flexibility index (Phi) is 5.25. The normalized spacial score (nSPS) is 10.4. The number of nitrogen functional groups attached to an aromatic ring is 1. The molecule has 25 heavy (non-hydrogen) atoms. The zero-order valence-electron chi connectivity index (χ0n) is 13.3. The van der Waals surface area contributed by atoms with Crippen LogP contribution in [-0.2, 0) is 13.1 Å². The summed E-state index contributed by atoms with van der Waals surface area (Å²) < 4.78 is 13.6. The van der Waals surface area contributed by atoms with Crippen LogP contribution in [0.2, 0.25) is 0 Å². The van der Waals surface area contributed by atoms with Crippen LogP contribution in [-0.4, -0.2) is 10.9 Å². The molecule has 128 valence electrons. The fraction of sp³-hybridized carbons (Fsp3) is 0.111. The molecule has 0 fully saturated rings. The van der Waals surface area contributed by atoms with Crippen LogP contribution < -0.4 is 16.4 Å². The van der Waals surface area contributed by atoms with E-state index in [9.17, 15) is 9.18 Å². The summed E-state index contributed by atoms with van der Waals surface area (Å²) in [5, 5.41) is 5.89. The van der Waals surface area contributed by atoms with Gasteiger partial charge in [0.2, 0.25) is 0 Å². The first kappa shape index (κ1) is 16.9. The molecule has 0 atom stereocenters. The van der Waals surface area contributed by atoms with Crippen molar-refractivity contribution < 1.29 is 9.18 Å². The van der Waals surface area contributed by atoms with Crippen LogP contribution in [0.5, 0.6) is 0 Å². The molecule has 5 nitrogen and oxygen atoms in total. The maximum absolute atomic E-state index is 13.6. The minimum atomic E-state index is -0.277. The number of thiophene rings is 1. The summed E-state index contributed by atoms with van der Waals surface area (Å²) >= 11 is 1.55. The van der Waals surface area contributed by atoms with Crippen LogP contribution in [0.1, 0.15) is 20.1 Å². The summed E-state index contributed by atoms with van der Waals surface area (Å²) in [4.78, 5) is 18.1. The average Bonchev–Trinajstić information content (AvgIpc) is 3.07. The number of carbonyl (C=O) groups excluding carboxylic acids is 1. The van der Waals surface area contributed by atoms with Crippen LogP contribution >= 0.6 is 11.3 Å². The first-order valence-corrected chi connectivity index (χ1v) is 8.50. The molecule has 1 aromatic carbocycles. The fourth-order valence-corrected chi connectivity index (χ4v) is 3.17. The second kappa shape index (κ2) is 7.76. The molecule has 7 heteroatoms. The number of pyridine rings is 1. The quantitative estimate of drug-likeness (QED) is 0.632. The van der Waals surface area contributed by atoms with Gasteiger partial charge in [-0.3, -0.25) is 4.79 Å². The van der Waals surface area contributed by atoms with E-state index >= 15 is 0 Å². The molecule has 2 aromatic heterocycles. The van der Waals surface area contributed by atoms with Crippen molar-refractivity contribution in [3.63, 3.8) is 0 Å². The van der Waals surface area contributed by atoms with Crippen molar-refractivity contribution in [3.05, 3.63) is 75.9 Å². The Morgan fingerprint density at radius 1 is 1.08 bits per heavy atom. The van der Waals surface area contributed by atoms with E-state index in [-0.39, 0.29) is 17.5 Å². The van der Waals surface area contributed by atoms with E-state index in [1.165, 1.54) is 6.07 Å². The number of nitrogens with one attached hydrogen (secondary N) is 2. The summed E-state index contributed by atoms with van der Waals surface area (Å²) in [6.07, 6.45) is 1.54. The summed E-state index contributed by atoms with van der Waals surface area (Å²) in [7, 11) is 0. The average molecular weight is 356 g/mol. The Labute approximate surface area is 148 Å². The second-order valence-corrected chi connectivity index (χ2v) is 6.57. The maximum Gasteiger partial charge on any atom is 0.255 e. The highest BCUT2D eigenvalue weighted by Crippen LogP contribution is 2.19. The van der Waals surface area contributed by atoms with Crippen LogP contribution in [0.15, 0.2) is 54.7 Å². The molecule has 0 saturated carbocycles. The van der Waals surface area contributed by atoms with Crippen molar-refractivity contribution in [2.45, 2.75) is 13.1 Å². The van der Waals surface area contributed by atoms with Gasteiger partial charge < -0.3 is 16.4 Å². The number of benzene rings is 1. The van der Waals surface area contributed by atoms with Gasteiger partial charge in [0.05, 0.1) is 17.8 Å². The zero-order chi connectivity index (χ0) is 17.6. The fourth-order valence-electron chi connectivity index (χ4n) is 2.27. The van der Waals surface area contributed by atoms with Gasteiger partial charge in [-0.25, -0.2) is 9.37 Å². The molecule has 2 heterocycles. The predicted octanol–water partition coefficient (Wildman–Crippen LogP) is 3.41. The van der Waals surface area contributed by atoms with Crippen molar-refractivity contribution >= 4 is 28.7 Å². The first-order chi connectivity index (χ1) is 12.1. The molecule has 1 amide bonds. The highest BCUT2D eigenvalue weighted by molar-refractivity contribution is 7.12. The lowest BCUT2D eigenvalue weighted by Crippen LogP contribution is -2.23. The standard InChI is InChI=1S/C18H17FN4OS/c19-15-5-1-2-6-16(15)22-10-12-7-8-13(25-12)11-23-18(24)14-4-3-9-21-17(14)20/h1-9,22H,10-11H2,(H2,20,21)(H,23,24). The van der Waals surface area contributed by atoms with E-state index in [1.807, 2.05) is 12.1 Å². The molecule has 0 radical (unpaired) electrons. The van der Waals surface area contributed by atoms with Gasteiger partial charge in [-0.1, -0.05) is 12.1 Å². The van der Waals surface area contributed by atoms with E-state index in [0.717, 1.165) is 9.75 Å². The highest BCUT2D eigenvalue weighted by Gasteiger charge is 2.10. The summed E-state index contributed by atoms with van der Waals surface area (Å²) in [5.41, 5.74) is 6.53. The monoisotopic (exact) mass is 356 g/mol. The van der Waals surface area contributed by atoms with Crippen LogP contribution in [0.4, 0.5) is 15.9 Å². The van der Waals surface area contributed by atoms with Crippen molar-refractivity contribution in [2.24, 2.45) is 0 Å². The minimum Gasteiger partial charge on any atom is -0.383 e. The van der Waals surface area contributed by atoms with Gasteiger partial charge in [-0.15, -0.1) is 11.3 Å². The van der Waals surface area contributed by atoms with E-state index < -0.39 is 0 Å². The smallest absolute Gasteiger partial charge is 0.255 e. The number of para-hydroxylation sites is 1. The number of aromatic nitrogens is 1. The molecule has 0 unspecified atom stereocenters. The topological polar surface area (TPSA) is 80.0 Å². The molecule has 3 aromatic rings. The third-order valence-electron chi connectivity index (χ3n) is 3.55. The number of carbonyl (C=O) groups is 1. The van der Waals surface area contributed by atoms with E-state index in [0.29, 0.717) is 24.3 Å². The van der Waals surface area contributed by atoms with Crippen molar-refractivity contribution in [1.29, 1.82) is 0 Å². The molecule has 4 N–H and O–H groups in total. The lowest BCUT2D eigenvalue weighted by Gasteiger charge is -2.06. The summed E-state index contributed by atoms with van der Waals surface area (Å²) in [6.45, 7) is 0.923. The van der Waals surface area contributed by atoms with Gasteiger partial charge in [-0.2, -0.15) is 0 Å². The number of rotatable bonds is 6. The minimum absolute atomic E-state index is 0.209. The summed E-state index contributed by atoms with van der Waals surface area (Å²) in [6, 6.07) is 13.8. The molecule has 0 aliphatic carbocycles. The first-order valence-electron chi connectivity index (χ1n) is 7.68. The lowest BCUT2D eigenvalue weighted by atomic mass is 10.2. The molecule has 3 rings (SSSR count). The number of hydrogen-bond acceptors (Lipinski definition) is 5. The number of nitrogens with zero attached hydrogens (tertiary/aromatic N) is 1. The molecular weight excluding hydrogens is 339 g/mol. The predicted molar refractivity (Wildman–Crippen MR) is 97.9 cm³/mol. The third-order valence-corrected chi connectivity index (χ3v) is 4.64. The van der Waals surface area contributed by atoms with Crippen molar-refractivity contribution in [1.82, 2.24) is 10.3 Å². The molecule has 0 saturated heterocycles. The molecule has 0 bridgehead atoms. The van der Waals surface area contributed by atoms with Gasteiger partial charge in [-0.05, 0) is 36.4 Å². The Morgan fingerprint density at radius 3 is 2.60 bits per heavy atom. The Balaban J connectivity index is 1.54. The number of nitrogens with two attached hydrogens (primary N) is 1. The SMILES string of the molecule is Nc1ncccc1C(=O)NCc1ccc(CNc2ccccc2F)s1. The summed E-state index contributed by atoms with van der Waals surface area (Å²) in [5.74, 6) is -0.327. The van der Waals surface area contributed by atoms with Crippen LogP contribution in [0, 0.1) is 5.82 Å². The molecule has 0 spiro atoms. The van der Waals surface area contributed by atoms with Crippen molar-refractivity contribution in [3.8, 4) is 0 Å². The Hall–Kier alpha value is -2.93. The molecule has 0 aliphatic rings. The third kappa shape index (κ3) is 4.33. The van der Waals surface area contributed by atoms with Gasteiger partial charge in [0.15, 0.2) is 0 Å². The Morgan fingerprint density at radius 2 is 1.84 bits per heavy atom. The van der Waals surface area contributed by atoms with Gasteiger partial charge in [0.1, 0.15) is 11.6 Å². The molecular formula is C18H17FN4OS. The van der Waals surface area contributed by atoms with Gasteiger partial charge in [0.25, 0.3) is 5.91 Å². The zero-order valence-corrected chi connectivity index (χ0v) is 14.1.